The third-order valence-corrected chi connectivity index (χ3v) is 3.39. The van der Waals surface area contributed by atoms with Crippen LogP contribution in [-0.2, 0) is 6.54 Å². The fraction of sp³-hybridized carbons (Fsp3) is 0.0588. The molecule has 2 heterocycles. The molecule has 4 nitrogen and oxygen atoms in total. The van der Waals surface area contributed by atoms with Crippen LogP contribution in [0.5, 0.6) is 0 Å². The molecule has 0 aliphatic carbocycles. The van der Waals surface area contributed by atoms with E-state index in [0.29, 0.717) is 22.9 Å². The van der Waals surface area contributed by atoms with Crippen molar-refractivity contribution in [3.63, 3.8) is 0 Å². The van der Waals surface area contributed by atoms with Crippen molar-refractivity contribution in [3.8, 4) is 11.3 Å². The molecule has 0 radical (unpaired) electrons. The van der Waals surface area contributed by atoms with Gasteiger partial charge in [0.15, 0.2) is 0 Å². The summed E-state index contributed by atoms with van der Waals surface area (Å²) in [6.07, 6.45) is 3.15. The van der Waals surface area contributed by atoms with Gasteiger partial charge in [0.2, 0.25) is 0 Å². The van der Waals surface area contributed by atoms with Gasteiger partial charge in [-0.15, -0.1) is 0 Å². The van der Waals surface area contributed by atoms with Crippen molar-refractivity contribution in [3.05, 3.63) is 77.3 Å². The molecule has 0 saturated heterocycles. The number of pyridine rings is 1. The quantitative estimate of drug-likeness (QED) is 0.794. The highest BCUT2D eigenvalue weighted by molar-refractivity contribution is 6.30. The number of hydrogen-bond acceptors (Lipinski definition) is 3. The molecule has 0 fully saturated rings. The number of furan rings is 1. The van der Waals surface area contributed by atoms with Gasteiger partial charge in [0, 0.05) is 23.0 Å². The molecule has 0 spiro atoms. The van der Waals surface area contributed by atoms with E-state index in [-0.39, 0.29) is 5.91 Å². The van der Waals surface area contributed by atoms with E-state index in [2.05, 4.69) is 10.3 Å². The first-order valence-corrected chi connectivity index (χ1v) is 7.13. The number of nitrogens with one attached hydrogen (secondary N) is 1. The number of nitrogens with zero attached hydrogens (tertiary/aromatic N) is 1. The largest absolute Gasteiger partial charge is 0.459 e. The zero-order valence-electron chi connectivity index (χ0n) is 11.6. The average Bonchev–Trinajstić information content (AvgIpc) is 3.03. The van der Waals surface area contributed by atoms with Crippen LogP contribution < -0.4 is 5.32 Å². The molecule has 110 valence electrons. The van der Waals surface area contributed by atoms with E-state index >= 15 is 0 Å². The molecular formula is C17H13ClN2O2. The lowest BCUT2D eigenvalue weighted by atomic mass is 10.2. The second-order valence-electron chi connectivity index (χ2n) is 4.70. The number of hydrogen-bond donors (Lipinski definition) is 1. The molecule has 0 atom stereocenters. The Bertz CT molecular complexity index is 767. The van der Waals surface area contributed by atoms with E-state index in [1.54, 1.807) is 18.3 Å². The molecule has 2 aromatic heterocycles. The Morgan fingerprint density at radius 2 is 1.95 bits per heavy atom. The summed E-state index contributed by atoms with van der Waals surface area (Å²) in [6.45, 7) is 0.321. The predicted molar refractivity (Wildman–Crippen MR) is 84.6 cm³/mol. The topological polar surface area (TPSA) is 55.1 Å². The summed E-state index contributed by atoms with van der Waals surface area (Å²) < 4.78 is 5.72. The first-order chi connectivity index (χ1) is 10.7. The molecule has 1 N–H and O–H groups in total. The van der Waals surface area contributed by atoms with Gasteiger partial charge in [-0.1, -0.05) is 11.6 Å². The van der Waals surface area contributed by atoms with Crippen LogP contribution in [0.3, 0.4) is 0 Å². The Morgan fingerprint density at radius 3 is 2.68 bits per heavy atom. The number of carbonyl (C=O) groups is 1. The Hall–Kier alpha value is -2.59. The third-order valence-electron chi connectivity index (χ3n) is 3.14. The van der Waals surface area contributed by atoms with Crippen molar-refractivity contribution in [1.29, 1.82) is 0 Å². The Labute approximate surface area is 132 Å². The molecule has 3 aromatic rings. The molecule has 5 heteroatoms. The van der Waals surface area contributed by atoms with Crippen LogP contribution in [0.25, 0.3) is 11.3 Å². The molecule has 0 aliphatic rings. The van der Waals surface area contributed by atoms with Crippen LogP contribution in [-0.4, -0.2) is 10.9 Å². The van der Waals surface area contributed by atoms with Gasteiger partial charge in [-0.2, -0.15) is 0 Å². The highest BCUT2D eigenvalue weighted by Crippen LogP contribution is 2.23. The van der Waals surface area contributed by atoms with Crippen molar-refractivity contribution in [2.45, 2.75) is 6.54 Å². The van der Waals surface area contributed by atoms with Crippen molar-refractivity contribution >= 4 is 17.5 Å². The monoisotopic (exact) mass is 312 g/mol. The van der Waals surface area contributed by atoms with Crippen LogP contribution in [0.2, 0.25) is 5.02 Å². The smallest absolute Gasteiger partial charge is 0.253 e. The lowest BCUT2D eigenvalue weighted by molar-refractivity contribution is 0.0947. The molecule has 1 aromatic carbocycles. The van der Waals surface area contributed by atoms with E-state index in [1.165, 1.54) is 6.20 Å². The molecule has 0 aliphatic heterocycles. The molecular weight excluding hydrogens is 300 g/mol. The second-order valence-corrected chi connectivity index (χ2v) is 5.13. The Kier molecular flexibility index (Phi) is 4.21. The van der Waals surface area contributed by atoms with Gasteiger partial charge in [-0.25, -0.2) is 0 Å². The summed E-state index contributed by atoms with van der Waals surface area (Å²) in [7, 11) is 0. The summed E-state index contributed by atoms with van der Waals surface area (Å²) >= 11 is 5.86. The summed E-state index contributed by atoms with van der Waals surface area (Å²) in [5.41, 5.74) is 1.46. The van der Waals surface area contributed by atoms with Crippen LogP contribution in [0, 0.1) is 0 Å². The molecule has 0 unspecified atom stereocenters. The van der Waals surface area contributed by atoms with Crippen LogP contribution in [0.15, 0.2) is 65.3 Å². The van der Waals surface area contributed by atoms with Gasteiger partial charge in [0.1, 0.15) is 11.5 Å². The van der Waals surface area contributed by atoms with Crippen molar-refractivity contribution in [1.82, 2.24) is 10.3 Å². The molecule has 1 amide bonds. The zero-order valence-corrected chi connectivity index (χ0v) is 12.4. The minimum Gasteiger partial charge on any atom is -0.459 e. The number of benzene rings is 1. The van der Waals surface area contributed by atoms with Gasteiger partial charge >= 0.3 is 0 Å². The molecule has 22 heavy (non-hydrogen) atoms. The Balaban J connectivity index is 1.65. The van der Waals surface area contributed by atoms with E-state index in [1.807, 2.05) is 36.4 Å². The summed E-state index contributed by atoms with van der Waals surface area (Å²) in [4.78, 5) is 15.8. The first-order valence-electron chi connectivity index (χ1n) is 6.75. The second kappa shape index (κ2) is 6.45. The summed E-state index contributed by atoms with van der Waals surface area (Å²) in [5, 5.41) is 3.48. The minimum atomic E-state index is -0.183. The Morgan fingerprint density at radius 1 is 1.14 bits per heavy atom. The van der Waals surface area contributed by atoms with Crippen molar-refractivity contribution in [2.75, 3.05) is 0 Å². The fourth-order valence-corrected chi connectivity index (χ4v) is 2.13. The standard InChI is InChI=1S/C17H13ClN2O2/c18-14-5-3-12(4-6-14)16-8-7-15(22-16)11-20-17(21)13-2-1-9-19-10-13/h1-10H,11H2,(H,20,21). The molecule has 0 saturated carbocycles. The van der Waals surface area contributed by atoms with Gasteiger partial charge in [0.05, 0.1) is 12.1 Å². The lowest BCUT2D eigenvalue weighted by Crippen LogP contribution is -2.22. The summed E-state index contributed by atoms with van der Waals surface area (Å²) in [5.74, 6) is 1.24. The van der Waals surface area contributed by atoms with E-state index in [0.717, 1.165) is 11.3 Å². The van der Waals surface area contributed by atoms with Crippen molar-refractivity contribution < 1.29 is 9.21 Å². The SMILES string of the molecule is O=C(NCc1ccc(-c2ccc(Cl)cc2)o1)c1cccnc1. The lowest BCUT2D eigenvalue weighted by Gasteiger charge is -2.02. The van der Waals surface area contributed by atoms with E-state index in [9.17, 15) is 4.79 Å². The van der Waals surface area contributed by atoms with Gasteiger partial charge < -0.3 is 9.73 Å². The van der Waals surface area contributed by atoms with Crippen molar-refractivity contribution in [2.24, 2.45) is 0 Å². The number of carbonyl (C=O) groups excluding carboxylic acids is 1. The summed E-state index contributed by atoms with van der Waals surface area (Å²) in [6, 6.07) is 14.5. The number of halogens is 1. The van der Waals surface area contributed by atoms with Crippen LogP contribution in [0.1, 0.15) is 16.1 Å². The maximum atomic E-state index is 11.9. The third kappa shape index (κ3) is 3.35. The van der Waals surface area contributed by atoms with Gasteiger partial charge in [0.25, 0.3) is 5.91 Å². The predicted octanol–water partition coefficient (Wildman–Crippen LogP) is 3.93. The number of aromatic nitrogens is 1. The normalized spacial score (nSPS) is 10.4. The molecule has 3 rings (SSSR count). The maximum absolute atomic E-state index is 11.9. The van der Waals surface area contributed by atoms with Gasteiger partial charge in [-0.3, -0.25) is 9.78 Å². The molecule has 0 bridgehead atoms. The van der Waals surface area contributed by atoms with E-state index in [4.69, 9.17) is 16.0 Å². The first kappa shape index (κ1) is 14.4. The highest BCUT2D eigenvalue weighted by atomic mass is 35.5. The van der Waals surface area contributed by atoms with Gasteiger partial charge in [-0.05, 0) is 48.5 Å². The zero-order chi connectivity index (χ0) is 15.4. The highest BCUT2D eigenvalue weighted by Gasteiger charge is 2.08. The van der Waals surface area contributed by atoms with Crippen LogP contribution in [0.4, 0.5) is 0 Å². The maximum Gasteiger partial charge on any atom is 0.253 e. The number of rotatable bonds is 4. The van der Waals surface area contributed by atoms with E-state index < -0.39 is 0 Å². The average molecular weight is 313 g/mol. The minimum absolute atomic E-state index is 0.183. The van der Waals surface area contributed by atoms with Crippen LogP contribution >= 0.6 is 11.6 Å². The fourth-order valence-electron chi connectivity index (χ4n) is 2.01. The number of amides is 1.